The topological polar surface area (TPSA) is 93.8 Å². The summed E-state index contributed by atoms with van der Waals surface area (Å²) in [5.41, 5.74) is -0.484. The van der Waals surface area contributed by atoms with E-state index >= 15 is 0 Å². The van der Waals surface area contributed by atoms with Gasteiger partial charge in [-0.05, 0) is 35.9 Å². The molecule has 6 nitrogen and oxygen atoms in total. The first-order chi connectivity index (χ1) is 12.4. The molecule has 0 fully saturated rings. The van der Waals surface area contributed by atoms with Gasteiger partial charge in [0.2, 0.25) is 0 Å². The lowest BCUT2D eigenvalue weighted by molar-refractivity contribution is 0.0680. The van der Waals surface area contributed by atoms with Gasteiger partial charge >= 0.3 is 17.6 Å². The molecule has 2 aromatic carbocycles. The van der Waals surface area contributed by atoms with E-state index in [0.717, 1.165) is 5.56 Å². The second kappa shape index (κ2) is 7.19. The van der Waals surface area contributed by atoms with Crippen LogP contribution in [0.25, 0.3) is 11.0 Å². The maximum atomic E-state index is 12.4. The predicted molar refractivity (Wildman–Crippen MR) is 95.4 cm³/mol. The Bertz CT molecular complexity index is 1090. The molecule has 0 spiro atoms. The first-order valence-corrected chi connectivity index (χ1v) is 8.18. The van der Waals surface area contributed by atoms with Gasteiger partial charge in [0.05, 0.1) is 0 Å². The van der Waals surface area contributed by atoms with E-state index in [4.69, 9.17) is 37.5 Å². The highest BCUT2D eigenvalue weighted by Gasteiger charge is 2.20. The molecule has 0 aliphatic rings. The Balaban J connectivity index is 2.03. The number of carboxylic acids is 1. The summed E-state index contributed by atoms with van der Waals surface area (Å²) in [5, 5.41) is 9.83. The van der Waals surface area contributed by atoms with E-state index in [1.165, 1.54) is 24.3 Å². The third kappa shape index (κ3) is 3.56. The number of aromatic carboxylic acids is 1. The van der Waals surface area contributed by atoms with Crippen molar-refractivity contribution < 1.29 is 23.8 Å². The van der Waals surface area contributed by atoms with E-state index in [1.807, 2.05) is 0 Å². The zero-order valence-corrected chi connectivity index (χ0v) is 14.5. The number of hydrogen-bond donors (Lipinski definition) is 1. The Labute approximate surface area is 156 Å². The van der Waals surface area contributed by atoms with Crippen molar-refractivity contribution in [2.75, 3.05) is 0 Å². The third-order valence-electron chi connectivity index (χ3n) is 3.55. The van der Waals surface area contributed by atoms with Crippen LogP contribution in [-0.2, 0) is 5.88 Å². The minimum atomic E-state index is -1.30. The van der Waals surface area contributed by atoms with Gasteiger partial charge in [0, 0.05) is 22.4 Å². The van der Waals surface area contributed by atoms with Crippen molar-refractivity contribution in [3.63, 3.8) is 0 Å². The monoisotopic (exact) mass is 392 g/mol. The van der Waals surface area contributed by atoms with Crippen LogP contribution < -0.4 is 10.4 Å². The average molecular weight is 393 g/mol. The fraction of sp³-hybridized carbons (Fsp3) is 0.0556. The maximum Gasteiger partial charge on any atom is 0.351 e. The van der Waals surface area contributed by atoms with Crippen molar-refractivity contribution in [2.24, 2.45) is 0 Å². The van der Waals surface area contributed by atoms with Gasteiger partial charge in [-0.1, -0.05) is 17.7 Å². The number of halogens is 2. The highest BCUT2D eigenvalue weighted by atomic mass is 35.5. The third-order valence-corrected chi connectivity index (χ3v) is 4.09. The minimum Gasteiger partial charge on any atom is -0.478 e. The number of esters is 1. The molecule has 1 heterocycles. The zero-order valence-electron chi connectivity index (χ0n) is 13.0. The smallest absolute Gasteiger partial charge is 0.351 e. The molecule has 0 aliphatic carbocycles. The summed E-state index contributed by atoms with van der Waals surface area (Å²) in [7, 11) is 0. The molecular formula is C18H10Cl2O6. The maximum absolute atomic E-state index is 12.4. The van der Waals surface area contributed by atoms with Crippen molar-refractivity contribution in [2.45, 2.75) is 5.88 Å². The van der Waals surface area contributed by atoms with Gasteiger partial charge in [-0.25, -0.2) is 14.4 Å². The molecule has 0 saturated carbocycles. The van der Waals surface area contributed by atoms with E-state index < -0.39 is 17.6 Å². The highest BCUT2D eigenvalue weighted by Crippen LogP contribution is 2.25. The van der Waals surface area contributed by atoms with E-state index in [9.17, 15) is 14.4 Å². The predicted octanol–water partition coefficient (Wildman–Crippen LogP) is 4.10. The summed E-state index contributed by atoms with van der Waals surface area (Å²) in [6, 6.07) is 9.97. The average Bonchev–Trinajstić information content (AvgIpc) is 2.60. The van der Waals surface area contributed by atoms with Gasteiger partial charge in [0.15, 0.2) is 0 Å². The standard InChI is InChI=1S/C18H10Cl2O6/c19-8-9-1-4-14-10(5-9)6-13(17(23)25-14)18(24)26-15-7-11(20)2-3-12(15)16(21)22/h1-7H,8H2,(H,21,22). The van der Waals surface area contributed by atoms with Gasteiger partial charge in [-0.15, -0.1) is 11.6 Å². The lowest BCUT2D eigenvalue weighted by Crippen LogP contribution is -2.19. The SMILES string of the molecule is O=C(O)c1ccc(Cl)cc1OC(=O)c1cc2cc(CCl)ccc2oc1=O. The lowest BCUT2D eigenvalue weighted by Gasteiger charge is -2.08. The highest BCUT2D eigenvalue weighted by molar-refractivity contribution is 6.30. The van der Waals surface area contributed by atoms with Crippen molar-refractivity contribution >= 4 is 46.1 Å². The number of ether oxygens (including phenoxy) is 1. The Hall–Kier alpha value is -2.83. The second-order valence-electron chi connectivity index (χ2n) is 5.29. The van der Waals surface area contributed by atoms with Crippen molar-refractivity contribution in [1.82, 2.24) is 0 Å². The molecule has 1 aromatic heterocycles. The number of rotatable bonds is 4. The molecule has 0 radical (unpaired) electrons. The van der Waals surface area contributed by atoms with Crippen LogP contribution >= 0.6 is 23.2 Å². The molecular weight excluding hydrogens is 383 g/mol. The summed E-state index contributed by atoms with van der Waals surface area (Å²) < 4.78 is 10.2. The van der Waals surface area contributed by atoms with Crippen LogP contribution in [0.3, 0.4) is 0 Å². The van der Waals surface area contributed by atoms with E-state index in [-0.39, 0.29) is 33.4 Å². The van der Waals surface area contributed by atoms with Crippen molar-refractivity contribution in [3.05, 3.63) is 74.6 Å². The number of carbonyl (C=O) groups excluding carboxylic acids is 1. The Morgan fingerprint density at radius 2 is 1.85 bits per heavy atom. The van der Waals surface area contributed by atoms with Gasteiger partial charge < -0.3 is 14.3 Å². The molecule has 0 bridgehead atoms. The van der Waals surface area contributed by atoms with Gasteiger partial charge in [0.1, 0.15) is 22.5 Å². The fourth-order valence-electron chi connectivity index (χ4n) is 2.31. The summed E-state index contributed by atoms with van der Waals surface area (Å²) in [5.74, 6) is -2.38. The Kier molecular flexibility index (Phi) is 4.97. The molecule has 132 valence electrons. The normalized spacial score (nSPS) is 10.7. The molecule has 1 N–H and O–H groups in total. The summed E-state index contributed by atoms with van der Waals surface area (Å²) in [4.78, 5) is 35.7. The zero-order chi connectivity index (χ0) is 18.8. The Morgan fingerprint density at radius 3 is 2.54 bits per heavy atom. The molecule has 8 heteroatoms. The van der Waals surface area contributed by atoms with Crippen LogP contribution in [0.15, 0.2) is 51.7 Å². The van der Waals surface area contributed by atoms with Crippen molar-refractivity contribution in [3.8, 4) is 5.75 Å². The van der Waals surface area contributed by atoms with Crippen LogP contribution in [-0.4, -0.2) is 17.0 Å². The number of carboxylic acid groups (broad SMARTS) is 1. The summed E-state index contributed by atoms with van der Waals surface area (Å²) in [6.45, 7) is 0. The summed E-state index contributed by atoms with van der Waals surface area (Å²) >= 11 is 11.6. The van der Waals surface area contributed by atoms with Crippen molar-refractivity contribution in [1.29, 1.82) is 0 Å². The van der Waals surface area contributed by atoms with Gasteiger partial charge in [-0.2, -0.15) is 0 Å². The quantitative estimate of drug-likeness (QED) is 0.310. The van der Waals surface area contributed by atoms with E-state index in [2.05, 4.69) is 0 Å². The molecule has 0 atom stereocenters. The van der Waals surface area contributed by atoms with E-state index in [0.29, 0.717) is 5.39 Å². The van der Waals surface area contributed by atoms with Gasteiger partial charge in [0.25, 0.3) is 0 Å². The number of alkyl halides is 1. The molecule has 0 aliphatic heterocycles. The molecule has 3 rings (SSSR count). The van der Waals surface area contributed by atoms with Crippen LogP contribution in [0.2, 0.25) is 5.02 Å². The number of fused-ring (bicyclic) bond motifs is 1. The lowest BCUT2D eigenvalue weighted by atomic mass is 10.1. The largest absolute Gasteiger partial charge is 0.478 e. The first-order valence-electron chi connectivity index (χ1n) is 7.27. The van der Waals surface area contributed by atoms with Crippen LogP contribution in [0.1, 0.15) is 26.3 Å². The number of benzene rings is 2. The van der Waals surface area contributed by atoms with Crippen LogP contribution in [0, 0.1) is 0 Å². The molecule has 0 unspecified atom stereocenters. The molecule has 3 aromatic rings. The van der Waals surface area contributed by atoms with Crippen LogP contribution in [0.5, 0.6) is 5.75 Å². The number of hydrogen-bond acceptors (Lipinski definition) is 5. The fourth-order valence-corrected chi connectivity index (χ4v) is 2.64. The van der Waals surface area contributed by atoms with Crippen LogP contribution in [0.4, 0.5) is 0 Å². The van der Waals surface area contributed by atoms with E-state index in [1.54, 1.807) is 18.2 Å². The molecule has 26 heavy (non-hydrogen) atoms. The summed E-state index contributed by atoms with van der Waals surface area (Å²) in [6.07, 6.45) is 0. The first kappa shape index (κ1) is 18.0. The second-order valence-corrected chi connectivity index (χ2v) is 5.99. The number of carbonyl (C=O) groups is 2. The minimum absolute atomic E-state index is 0.176. The molecule has 0 amide bonds. The Morgan fingerprint density at radius 1 is 1.08 bits per heavy atom. The van der Waals surface area contributed by atoms with Gasteiger partial charge in [-0.3, -0.25) is 0 Å². The molecule has 0 saturated heterocycles.